The van der Waals surface area contributed by atoms with Crippen molar-refractivity contribution in [3.63, 3.8) is 0 Å². The quantitative estimate of drug-likeness (QED) is 0.127. The molecule has 2 aliphatic rings. The van der Waals surface area contributed by atoms with Crippen molar-refractivity contribution in [3.8, 4) is 22.4 Å². The first kappa shape index (κ1) is 38.3. The lowest BCUT2D eigenvalue weighted by Crippen LogP contribution is -2.51. The van der Waals surface area contributed by atoms with Gasteiger partial charge < -0.3 is 39.9 Å². The van der Waals surface area contributed by atoms with Crippen LogP contribution in [0, 0.1) is 11.8 Å². The number of aromatic nitrogens is 5. The number of nitrogens with one attached hydrogen (secondary N) is 4. The van der Waals surface area contributed by atoms with Gasteiger partial charge in [-0.15, -0.1) is 0 Å². The van der Waals surface area contributed by atoms with Gasteiger partial charge in [-0.1, -0.05) is 45.9 Å². The van der Waals surface area contributed by atoms with Crippen molar-refractivity contribution < 1.29 is 28.7 Å². The Morgan fingerprint density at radius 1 is 0.696 bits per heavy atom. The van der Waals surface area contributed by atoms with E-state index in [-0.39, 0.29) is 35.7 Å². The standard InChI is InChI=1S/C41H49N9O6/c1-22(2)34(47-40(53)55-5)38(51)49-15-7-9-32(49)36-43-21-31(46-36)27-17-26-12-11-24(18-29(26)42-20-27)25-13-14-28-30(19-25)45-37(44-28)33-10-8-16-50(33)39(52)35(23(3)4)48-41(54)56-6/h11-14,17-23,32-35H,7-10,15-16H2,1-6H3,(H,43,46)(H,44,45)(H,47,53)(H,48,54)/t32-,33-,34-,35-/m0/s1. The Bertz CT molecular complexity index is 2260. The molecule has 294 valence electrons. The van der Waals surface area contributed by atoms with Gasteiger partial charge in [0, 0.05) is 30.2 Å². The van der Waals surface area contributed by atoms with Gasteiger partial charge in [0.25, 0.3) is 0 Å². The van der Waals surface area contributed by atoms with Crippen LogP contribution in [0.1, 0.15) is 77.1 Å². The summed E-state index contributed by atoms with van der Waals surface area (Å²) in [7, 11) is 2.57. The summed E-state index contributed by atoms with van der Waals surface area (Å²) in [5, 5.41) is 6.36. The zero-order chi connectivity index (χ0) is 39.7. The monoisotopic (exact) mass is 763 g/mol. The van der Waals surface area contributed by atoms with Crippen molar-refractivity contribution in [2.24, 2.45) is 11.8 Å². The van der Waals surface area contributed by atoms with Gasteiger partial charge in [0.05, 0.1) is 54.7 Å². The highest BCUT2D eigenvalue weighted by atomic mass is 16.5. The van der Waals surface area contributed by atoms with Crippen LogP contribution in [-0.4, -0.2) is 98.1 Å². The van der Waals surface area contributed by atoms with Crippen molar-refractivity contribution in [2.75, 3.05) is 27.3 Å². The van der Waals surface area contributed by atoms with E-state index in [1.165, 1.54) is 14.2 Å². The number of hydrogen-bond donors (Lipinski definition) is 4. The van der Waals surface area contributed by atoms with E-state index in [9.17, 15) is 19.2 Å². The van der Waals surface area contributed by atoms with Gasteiger partial charge >= 0.3 is 12.2 Å². The van der Waals surface area contributed by atoms with Crippen LogP contribution in [0.3, 0.4) is 0 Å². The highest BCUT2D eigenvalue weighted by molar-refractivity contribution is 5.90. The molecule has 56 heavy (non-hydrogen) atoms. The Labute approximate surface area is 324 Å². The minimum Gasteiger partial charge on any atom is -0.453 e. The van der Waals surface area contributed by atoms with Crippen molar-refractivity contribution in [1.29, 1.82) is 0 Å². The van der Waals surface area contributed by atoms with Gasteiger partial charge in [-0.2, -0.15) is 0 Å². The number of likely N-dealkylation sites (tertiary alicyclic amines) is 2. The van der Waals surface area contributed by atoms with Gasteiger partial charge in [-0.05, 0) is 72.9 Å². The number of pyridine rings is 1. The fourth-order valence-corrected chi connectivity index (χ4v) is 7.85. The predicted octanol–water partition coefficient (Wildman–Crippen LogP) is 6.26. The number of imidazole rings is 2. The Kier molecular flexibility index (Phi) is 10.9. The second-order valence-electron chi connectivity index (χ2n) is 15.3. The molecule has 15 nitrogen and oxygen atoms in total. The molecule has 4 amide bonds. The molecular formula is C41H49N9O6. The molecule has 0 bridgehead atoms. The van der Waals surface area contributed by atoms with Gasteiger partial charge in [0.1, 0.15) is 23.7 Å². The molecule has 2 aliphatic heterocycles. The minimum absolute atomic E-state index is 0.114. The number of carbonyl (C=O) groups is 4. The molecule has 3 aromatic heterocycles. The molecule has 0 aliphatic carbocycles. The number of aromatic amines is 2. The molecule has 2 saturated heterocycles. The highest BCUT2D eigenvalue weighted by Gasteiger charge is 2.39. The molecule has 7 rings (SSSR count). The lowest BCUT2D eigenvalue weighted by molar-refractivity contribution is -0.136. The van der Waals surface area contributed by atoms with Crippen LogP contribution in [0.4, 0.5) is 9.59 Å². The van der Waals surface area contributed by atoms with Crippen LogP contribution >= 0.6 is 0 Å². The molecule has 4 atom stereocenters. The predicted molar refractivity (Wildman–Crippen MR) is 210 cm³/mol. The number of methoxy groups -OCH3 is 2. The number of benzene rings is 2. The number of carbonyl (C=O) groups excluding carboxylic acids is 4. The molecule has 5 heterocycles. The van der Waals surface area contributed by atoms with Gasteiger partial charge in [-0.3, -0.25) is 14.6 Å². The summed E-state index contributed by atoms with van der Waals surface area (Å²) in [4.78, 5) is 76.0. The summed E-state index contributed by atoms with van der Waals surface area (Å²) in [6.45, 7) is 8.76. The SMILES string of the molecule is COC(=O)N[C@H](C(=O)N1CCC[C@H]1c1ncc(-c2cnc3cc(-c4ccc5nc([C@@H]6CCCN6C(=O)[C@@H](NC(=O)OC)C(C)C)[nH]c5c4)ccc3c2)[nH]1)C(C)C. The van der Waals surface area contributed by atoms with Gasteiger partial charge in [0.15, 0.2) is 0 Å². The second kappa shape index (κ2) is 16.0. The number of H-pyrrole nitrogens is 2. The Morgan fingerprint density at radius 2 is 1.29 bits per heavy atom. The van der Waals surface area contributed by atoms with Gasteiger partial charge in [0.2, 0.25) is 11.8 Å². The normalized spacial score (nSPS) is 18.1. The molecule has 15 heteroatoms. The Hall–Kier alpha value is -5.99. The van der Waals surface area contributed by atoms with E-state index in [4.69, 9.17) is 19.4 Å². The van der Waals surface area contributed by atoms with Crippen LogP contribution in [0.25, 0.3) is 44.3 Å². The molecule has 4 N–H and O–H groups in total. The van der Waals surface area contributed by atoms with E-state index in [1.54, 1.807) is 11.1 Å². The van der Waals surface area contributed by atoms with Gasteiger partial charge in [-0.25, -0.2) is 19.6 Å². The van der Waals surface area contributed by atoms with E-state index in [2.05, 4.69) is 49.9 Å². The average molecular weight is 764 g/mol. The third-order valence-corrected chi connectivity index (χ3v) is 10.9. The maximum absolute atomic E-state index is 13.6. The summed E-state index contributed by atoms with van der Waals surface area (Å²) >= 11 is 0. The van der Waals surface area contributed by atoms with E-state index >= 15 is 0 Å². The van der Waals surface area contributed by atoms with Crippen molar-refractivity contribution in [2.45, 2.75) is 77.5 Å². The van der Waals surface area contributed by atoms with E-state index in [1.807, 2.05) is 57.0 Å². The first-order chi connectivity index (χ1) is 26.9. The van der Waals surface area contributed by atoms with Crippen LogP contribution in [0.5, 0.6) is 0 Å². The molecule has 2 fully saturated rings. The summed E-state index contributed by atoms with van der Waals surface area (Å²) in [6.07, 6.45) is 5.54. The average Bonchev–Trinajstić information content (AvgIpc) is 4.03. The van der Waals surface area contributed by atoms with E-state index < -0.39 is 24.3 Å². The molecule has 2 aromatic carbocycles. The lowest BCUT2D eigenvalue weighted by atomic mass is 10.0. The summed E-state index contributed by atoms with van der Waals surface area (Å²) in [6, 6.07) is 12.5. The Morgan fingerprint density at radius 3 is 1.89 bits per heavy atom. The summed E-state index contributed by atoms with van der Waals surface area (Å²) in [5.74, 6) is 0.890. The molecule has 0 radical (unpaired) electrons. The third kappa shape index (κ3) is 7.62. The minimum atomic E-state index is -0.701. The van der Waals surface area contributed by atoms with Crippen molar-refractivity contribution in [3.05, 3.63) is 66.5 Å². The maximum Gasteiger partial charge on any atom is 0.407 e. The number of ether oxygens (including phenoxy) is 2. The van der Waals surface area contributed by atoms with Crippen LogP contribution in [-0.2, 0) is 19.1 Å². The number of fused-ring (bicyclic) bond motifs is 2. The molecule has 0 saturated carbocycles. The summed E-state index contributed by atoms with van der Waals surface area (Å²) < 4.78 is 9.53. The van der Waals surface area contributed by atoms with E-state index in [0.717, 1.165) is 75.8 Å². The van der Waals surface area contributed by atoms with Crippen LogP contribution < -0.4 is 10.6 Å². The molecule has 0 unspecified atom stereocenters. The van der Waals surface area contributed by atoms with Crippen molar-refractivity contribution in [1.82, 2.24) is 45.4 Å². The molecular weight excluding hydrogens is 715 g/mol. The van der Waals surface area contributed by atoms with E-state index in [0.29, 0.717) is 18.9 Å². The second-order valence-corrected chi connectivity index (χ2v) is 15.3. The Balaban J connectivity index is 1.07. The topological polar surface area (TPSA) is 188 Å². The lowest BCUT2D eigenvalue weighted by Gasteiger charge is -2.30. The number of alkyl carbamates (subject to hydrolysis) is 2. The van der Waals surface area contributed by atoms with Crippen LogP contribution in [0.2, 0.25) is 0 Å². The zero-order valence-electron chi connectivity index (χ0n) is 32.6. The molecule has 5 aromatic rings. The smallest absolute Gasteiger partial charge is 0.407 e. The number of nitrogens with zero attached hydrogens (tertiary/aromatic N) is 5. The number of amides is 4. The number of hydrogen-bond acceptors (Lipinski definition) is 9. The molecule has 0 spiro atoms. The largest absolute Gasteiger partial charge is 0.453 e. The van der Waals surface area contributed by atoms with Crippen LogP contribution in [0.15, 0.2) is 54.9 Å². The maximum atomic E-state index is 13.6. The first-order valence-corrected chi connectivity index (χ1v) is 19.2. The fraction of sp³-hybridized carbons (Fsp3) is 0.439. The summed E-state index contributed by atoms with van der Waals surface area (Å²) in [5.41, 5.74) is 6.18. The third-order valence-electron chi connectivity index (χ3n) is 10.9. The first-order valence-electron chi connectivity index (χ1n) is 19.2. The van der Waals surface area contributed by atoms with Crippen molar-refractivity contribution >= 4 is 45.9 Å². The highest BCUT2D eigenvalue weighted by Crippen LogP contribution is 2.35. The fourth-order valence-electron chi connectivity index (χ4n) is 7.85. The number of rotatable bonds is 10. The zero-order valence-corrected chi connectivity index (χ0v) is 32.6.